The minimum Gasteiger partial charge on any atom is -0.248 e. The fourth-order valence-corrected chi connectivity index (χ4v) is 2.82. The van der Waals surface area contributed by atoms with Crippen LogP contribution in [-0.4, -0.2) is 37.0 Å². The fraction of sp³-hybridized carbons (Fsp3) is 0.857. The topological polar surface area (TPSA) is 3.24 Å². The molecule has 0 unspecified atom stereocenters. The van der Waals surface area contributed by atoms with Crippen LogP contribution in [0.1, 0.15) is 13.8 Å². The Kier molecular flexibility index (Phi) is 6.33. The maximum absolute atomic E-state index is 13.2. The van der Waals surface area contributed by atoms with E-state index in [-0.39, 0.29) is 13.3 Å². The summed E-state index contributed by atoms with van der Waals surface area (Å²) in [4.78, 5) is 1.77. The molecule has 0 aliphatic carbocycles. The van der Waals surface area contributed by atoms with Gasteiger partial charge < -0.3 is 0 Å². The molecule has 0 aliphatic rings. The largest absolute Gasteiger partial charge is 0.248 e. The van der Waals surface area contributed by atoms with Crippen molar-refractivity contribution >= 4 is 21.2 Å². The molecule has 0 N–H and O–H groups in total. The summed E-state index contributed by atoms with van der Waals surface area (Å²) in [5, 5.41) is 0. The highest BCUT2D eigenvalue weighted by Gasteiger charge is 2.05. The summed E-state index contributed by atoms with van der Waals surface area (Å²) in [6.07, 6.45) is 0. The van der Waals surface area contributed by atoms with Gasteiger partial charge in [0, 0.05) is 13.1 Å². The molecule has 1 nitrogen and oxygen atoms in total. The summed E-state index contributed by atoms with van der Waals surface area (Å²) < 4.78 is 13.2. The van der Waals surface area contributed by atoms with Crippen LogP contribution in [0, 0.1) is 0 Å². The smallest absolute Gasteiger partial charge is 0.196 e. The van der Waals surface area contributed by atoms with E-state index in [4.69, 9.17) is 0 Å². The van der Waals surface area contributed by atoms with E-state index in [1.807, 2.05) is 13.8 Å². The molecule has 4 heteroatoms. The SMILES string of the molecule is CCN(CC)C(F)=PP(C)C. The van der Waals surface area contributed by atoms with Crippen molar-refractivity contribution in [3.05, 3.63) is 0 Å². The van der Waals surface area contributed by atoms with Crippen LogP contribution in [-0.2, 0) is 0 Å². The number of halogens is 1. The third kappa shape index (κ3) is 4.85. The maximum atomic E-state index is 13.2. The predicted octanol–water partition coefficient (Wildman–Crippen LogP) is 2.99. The van der Waals surface area contributed by atoms with Gasteiger partial charge in [0.05, 0.1) is 0 Å². The molecule has 11 heavy (non-hydrogen) atoms. The van der Waals surface area contributed by atoms with E-state index in [0.29, 0.717) is 0 Å². The number of rotatable bonds is 4. The Morgan fingerprint density at radius 2 is 1.82 bits per heavy atom. The van der Waals surface area contributed by atoms with E-state index in [1.54, 1.807) is 4.90 Å². The van der Waals surface area contributed by atoms with Crippen LogP contribution in [0.15, 0.2) is 0 Å². The van der Waals surface area contributed by atoms with E-state index in [9.17, 15) is 4.39 Å². The standard InChI is InChI=1S/C7H16FNP2/c1-5-9(6-2)7(8)10-11(3)4/h5-6H2,1-4H3. The van der Waals surface area contributed by atoms with E-state index in [1.165, 1.54) is 0 Å². The molecule has 0 atom stereocenters. The monoisotopic (exact) mass is 195 g/mol. The summed E-state index contributed by atoms with van der Waals surface area (Å²) in [5.41, 5.74) is 0.0334. The molecule has 66 valence electrons. The van der Waals surface area contributed by atoms with E-state index >= 15 is 0 Å². The van der Waals surface area contributed by atoms with Crippen molar-refractivity contribution in [2.45, 2.75) is 13.8 Å². The Bertz CT molecular complexity index is 132. The van der Waals surface area contributed by atoms with Gasteiger partial charge in [0.1, 0.15) is 0 Å². The highest BCUT2D eigenvalue weighted by atomic mass is 32.0. The van der Waals surface area contributed by atoms with Gasteiger partial charge in [-0.2, -0.15) is 4.39 Å². The first-order valence-corrected chi connectivity index (χ1v) is 7.61. The van der Waals surface area contributed by atoms with Crippen molar-refractivity contribution in [1.82, 2.24) is 4.90 Å². The van der Waals surface area contributed by atoms with Gasteiger partial charge in [-0.05, 0) is 21.2 Å². The summed E-state index contributed by atoms with van der Waals surface area (Å²) in [6.45, 7) is 9.68. The Labute approximate surface area is 71.4 Å². The van der Waals surface area contributed by atoms with Gasteiger partial charge in [-0.1, -0.05) is 21.5 Å². The van der Waals surface area contributed by atoms with Crippen molar-refractivity contribution in [1.29, 1.82) is 0 Å². The lowest BCUT2D eigenvalue weighted by atomic mass is 10.6. The third-order valence-corrected chi connectivity index (χ3v) is 3.85. The molecule has 0 fully saturated rings. The first-order chi connectivity index (χ1) is 5.11. The van der Waals surface area contributed by atoms with E-state index < -0.39 is 0 Å². The lowest BCUT2D eigenvalue weighted by Crippen LogP contribution is -2.25. The highest BCUT2D eigenvalue weighted by Crippen LogP contribution is 2.42. The quantitative estimate of drug-likeness (QED) is 0.492. The summed E-state index contributed by atoms with van der Waals surface area (Å²) in [7, 11) is 0.710. The molecule has 0 saturated heterocycles. The van der Waals surface area contributed by atoms with Gasteiger partial charge in [0.25, 0.3) is 0 Å². The molecular weight excluding hydrogens is 179 g/mol. The Balaban J connectivity index is 4.07. The van der Waals surface area contributed by atoms with Gasteiger partial charge in [0.2, 0.25) is 0 Å². The molecule has 0 aromatic carbocycles. The fourth-order valence-electron chi connectivity index (χ4n) is 0.713. The normalized spacial score (nSPS) is 13.2. The first-order valence-electron chi connectivity index (χ1n) is 3.78. The predicted molar refractivity (Wildman–Crippen MR) is 54.7 cm³/mol. The lowest BCUT2D eigenvalue weighted by Gasteiger charge is -2.14. The Morgan fingerprint density at radius 3 is 2.09 bits per heavy atom. The Morgan fingerprint density at radius 1 is 1.36 bits per heavy atom. The van der Waals surface area contributed by atoms with E-state index in [2.05, 4.69) is 13.3 Å². The zero-order valence-electron chi connectivity index (χ0n) is 7.63. The summed E-state index contributed by atoms with van der Waals surface area (Å²) in [6, 6.07) is 0. The van der Waals surface area contributed by atoms with Gasteiger partial charge in [-0.15, -0.1) is 0 Å². The lowest BCUT2D eigenvalue weighted by molar-refractivity contribution is 0.427. The van der Waals surface area contributed by atoms with E-state index in [0.717, 1.165) is 21.0 Å². The number of hydrogen-bond donors (Lipinski definition) is 0. The average Bonchev–Trinajstić information content (AvgIpc) is 1.88. The molecule has 0 amide bonds. The first kappa shape index (κ1) is 11.5. The molecule has 0 spiro atoms. The maximum Gasteiger partial charge on any atom is 0.196 e. The second kappa shape index (κ2) is 6.06. The van der Waals surface area contributed by atoms with Crippen LogP contribution in [0.25, 0.3) is 0 Å². The minimum absolute atomic E-state index is 0.0334. The van der Waals surface area contributed by atoms with Crippen molar-refractivity contribution in [3.63, 3.8) is 0 Å². The van der Waals surface area contributed by atoms with Crippen LogP contribution >= 0.6 is 15.5 Å². The number of hydrogen-bond acceptors (Lipinski definition) is 0. The van der Waals surface area contributed by atoms with Crippen LogP contribution in [0.3, 0.4) is 0 Å². The molecular formula is C7H16FNP2. The third-order valence-electron chi connectivity index (χ3n) is 1.31. The number of nitrogens with zero attached hydrogens (tertiary/aromatic N) is 1. The van der Waals surface area contributed by atoms with Gasteiger partial charge in [-0.25, -0.2) is 4.90 Å². The van der Waals surface area contributed by atoms with Crippen molar-refractivity contribution < 1.29 is 4.39 Å². The molecule has 0 heterocycles. The molecule has 0 aromatic heterocycles. The van der Waals surface area contributed by atoms with Crippen molar-refractivity contribution in [2.75, 3.05) is 26.4 Å². The van der Waals surface area contributed by atoms with Crippen LogP contribution in [0.4, 0.5) is 4.39 Å². The van der Waals surface area contributed by atoms with Gasteiger partial charge in [0.15, 0.2) is 5.67 Å². The molecule has 0 radical (unpaired) electrons. The zero-order chi connectivity index (χ0) is 8.85. The Hall–Kier alpha value is 0.490. The zero-order valence-corrected chi connectivity index (χ0v) is 9.42. The molecule has 0 rings (SSSR count). The minimum atomic E-state index is -0.165. The van der Waals surface area contributed by atoms with Crippen LogP contribution < -0.4 is 0 Å². The molecule has 0 bridgehead atoms. The summed E-state index contributed by atoms with van der Waals surface area (Å²) >= 11 is 0. The van der Waals surface area contributed by atoms with Crippen molar-refractivity contribution in [2.24, 2.45) is 0 Å². The van der Waals surface area contributed by atoms with Gasteiger partial charge in [-0.3, -0.25) is 0 Å². The van der Waals surface area contributed by atoms with Crippen molar-refractivity contribution in [3.8, 4) is 0 Å². The molecule has 0 aromatic rings. The average molecular weight is 195 g/mol. The highest BCUT2D eigenvalue weighted by molar-refractivity contribution is 8.20. The van der Waals surface area contributed by atoms with Crippen LogP contribution in [0.2, 0.25) is 0 Å². The van der Waals surface area contributed by atoms with Crippen LogP contribution in [0.5, 0.6) is 0 Å². The second-order valence-electron chi connectivity index (χ2n) is 2.39. The second-order valence-corrected chi connectivity index (χ2v) is 7.65. The molecule has 0 saturated carbocycles. The molecule has 0 aliphatic heterocycles. The van der Waals surface area contributed by atoms with Gasteiger partial charge >= 0.3 is 0 Å². The summed E-state index contributed by atoms with van der Waals surface area (Å²) in [5.74, 6) is 0.